The molecular formula is C6H10OTe. The van der Waals surface area contributed by atoms with E-state index in [1.165, 1.54) is 0 Å². The minimum atomic E-state index is -0.292. The average Bonchev–Trinajstić information content (AvgIpc) is 1.66. The van der Waals surface area contributed by atoms with Crippen molar-refractivity contribution < 1.29 is 5.11 Å². The Labute approximate surface area is 60.2 Å². The van der Waals surface area contributed by atoms with Gasteiger partial charge in [-0.05, 0) is 0 Å². The van der Waals surface area contributed by atoms with Gasteiger partial charge in [-0.1, -0.05) is 0 Å². The molecule has 0 heterocycles. The van der Waals surface area contributed by atoms with Crippen molar-refractivity contribution in [2.75, 3.05) is 0 Å². The zero-order valence-electron chi connectivity index (χ0n) is 4.87. The van der Waals surface area contributed by atoms with Crippen LogP contribution in [0.25, 0.3) is 0 Å². The van der Waals surface area contributed by atoms with Gasteiger partial charge in [0.2, 0.25) is 0 Å². The molecule has 0 saturated carbocycles. The zero-order valence-corrected chi connectivity index (χ0v) is 7.20. The molecule has 0 aliphatic carbocycles. The van der Waals surface area contributed by atoms with Crippen molar-refractivity contribution in [3.8, 4) is 0 Å². The van der Waals surface area contributed by atoms with Gasteiger partial charge in [0.25, 0.3) is 0 Å². The molecule has 0 aliphatic heterocycles. The third-order valence-electron chi connectivity index (χ3n) is 0.532. The maximum absolute atomic E-state index is 8.68. The van der Waals surface area contributed by atoms with Gasteiger partial charge in [0.15, 0.2) is 0 Å². The van der Waals surface area contributed by atoms with E-state index in [1.54, 1.807) is 13.0 Å². The summed E-state index contributed by atoms with van der Waals surface area (Å²) >= 11 is -0.131. The van der Waals surface area contributed by atoms with E-state index in [2.05, 4.69) is 6.58 Å². The van der Waals surface area contributed by atoms with Crippen molar-refractivity contribution in [3.05, 3.63) is 20.9 Å². The number of rotatable bonds is 3. The summed E-state index contributed by atoms with van der Waals surface area (Å²) in [5.41, 5.74) is 0. The Hall–Kier alpha value is 0.230. The Bertz CT molecular complexity index is 86.5. The van der Waals surface area contributed by atoms with E-state index >= 15 is 0 Å². The first-order valence-electron chi connectivity index (χ1n) is 2.38. The fourth-order valence-electron chi connectivity index (χ4n) is 0.215. The molecule has 1 atom stereocenters. The second kappa shape index (κ2) is 5.37. The molecule has 1 N–H and O–H groups in total. The second-order valence-electron chi connectivity index (χ2n) is 1.37. The van der Waals surface area contributed by atoms with Crippen LogP contribution < -0.4 is 0 Å². The first-order chi connectivity index (χ1) is 3.77. The normalized spacial score (nSPS) is 14.2. The van der Waals surface area contributed by atoms with Crippen LogP contribution in [-0.4, -0.2) is 32.1 Å². The minimum absolute atomic E-state index is 0.131. The predicted octanol–water partition coefficient (Wildman–Crippen LogP) is 0.729. The van der Waals surface area contributed by atoms with Crippen LogP contribution >= 0.6 is 0 Å². The van der Waals surface area contributed by atoms with Crippen LogP contribution in [0, 0.1) is 0 Å². The zero-order chi connectivity index (χ0) is 6.41. The third-order valence-corrected chi connectivity index (χ3v) is 1.98. The summed E-state index contributed by atoms with van der Waals surface area (Å²) in [6.45, 7) is 5.33. The molecule has 1 nitrogen and oxygen atoms in total. The molecule has 0 fully saturated rings. The van der Waals surface area contributed by atoms with Gasteiger partial charge in [-0.2, -0.15) is 0 Å². The van der Waals surface area contributed by atoms with Gasteiger partial charge in [-0.3, -0.25) is 0 Å². The van der Waals surface area contributed by atoms with Crippen LogP contribution in [0.4, 0.5) is 0 Å². The van der Waals surface area contributed by atoms with Gasteiger partial charge in [-0.15, -0.1) is 0 Å². The molecule has 0 radical (unpaired) electrons. The summed E-state index contributed by atoms with van der Waals surface area (Å²) in [6.07, 6.45) is 1.50. The van der Waals surface area contributed by atoms with Gasteiger partial charge in [0.05, 0.1) is 0 Å². The van der Waals surface area contributed by atoms with Crippen LogP contribution in [-0.2, 0) is 0 Å². The molecular weight excluding hydrogens is 216 g/mol. The molecule has 0 rings (SSSR count). The van der Waals surface area contributed by atoms with E-state index < -0.39 is 0 Å². The van der Waals surface area contributed by atoms with Crippen molar-refractivity contribution >= 4 is 20.9 Å². The monoisotopic (exact) mass is 228 g/mol. The summed E-state index contributed by atoms with van der Waals surface area (Å²) in [5, 5.41) is 8.68. The van der Waals surface area contributed by atoms with E-state index in [4.69, 9.17) is 5.11 Å². The standard InChI is InChI=1S/C6H10OTe/c1-3-8-5-4-6(2)7/h3-7H,1H2,2H3. The molecule has 46 valence electrons. The van der Waals surface area contributed by atoms with E-state index in [9.17, 15) is 0 Å². The van der Waals surface area contributed by atoms with Crippen LogP contribution in [0.1, 0.15) is 6.92 Å². The van der Waals surface area contributed by atoms with E-state index in [1.807, 2.05) is 8.25 Å². The van der Waals surface area contributed by atoms with Crippen LogP contribution in [0.15, 0.2) is 20.9 Å². The number of aliphatic hydroxyl groups excluding tert-OH is 1. The first kappa shape index (κ1) is 8.23. The van der Waals surface area contributed by atoms with Crippen LogP contribution in [0.2, 0.25) is 0 Å². The van der Waals surface area contributed by atoms with Crippen molar-refractivity contribution in [2.24, 2.45) is 0 Å². The van der Waals surface area contributed by atoms with Gasteiger partial charge in [0.1, 0.15) is 0 Å². The van der Waals surface area contributed by atoms with Crippen molar-refractivity contribution in [1.29, 1.82) is 0 Å². The number of hydrogen-bond donors (Lipinski definition) is 1. The maximum atomic E-state index is 8.68. The topological polar surface area (TPSA) is 20.2 Å². The molecule has 2 heteroatoms. The summed E-state index contributed by atoms with van der Waals surface area (Å²) in [6, 6.07) is 0. The fraction of sp³-hybridized carbons (Fsp3) is 0.333. The molecule has 0 aromatic rings. The quantitative estimate of drug-likeness (QED) is 0.703. The van der Waals surface area contributed by atoms with Gasteiger partial charge < -0.3 is 0 Å². The SMILES string of the molecule is C=C[Te]C=CC(C)O. The Balaban J connectivity index is 3.19. The Morgan fingerprint density at radius 3 is 2.75 bits per heavy atom. The summed E-state index contributed by atoms with van der Waals surface area (Å²) in [4.78, 5) is 0. The Morgan fingerprint density at radius 2 is 2.38 bits per heavy atom. The molecule has 0 spiro atoms. The molecule has 0 saturated heterocycles. The summed E-state index contributed by atoms with van der Waals surface area (Å²) in [7, 11) is 0. The number of aliphatic hydroxyl groups is 1. The molecule has 1 unspecified atom stereocenters. The summed E-state index contributed by atoms with van der Waals surface area (Å²) in [5.74, 6) is 0. The van der Waals surface area contributed by atoms with Gasteiger partial charge in [0, 0.05) is 0 Å². The predicted molar refractivity (Wildman–Crippen MR) is 36.8 cm³/mol. The Morgan fingerprint density at radius 1 is 1.75 bits per heavy atom. The molecule has 0 bridgehead atoms. The van der Waals surface area contributed by atoms with Crippen LogP contribution in [0.3, 0.4) is 0 Å². The Kier molecular flexibility index (Phi) is 5.52. The number of hydrogen-bond acceptors (Lipinski definition) is 1. The van der Waals surface area contributed by atoms with E-state index in [-0.39, 0.29) is 27.0 Å². The van der Waals surface area contributed by atoms with E-state index in [0.29, 0.717) is 0 Å². The summed E-state index contributed by atoms with van der Waals surface area (Å²) < 4.78 is 3.94. The average molecular weight is 226 g/mol. The van der Waals surface area contributed by atoms with Crippen molar-refractivity contribution in [3.63, 3.8) is 0 Å². The molecule has 0 aromatic carbocycles. The molecule has 0 aliphatic rings. The van der Waals surface area contributed by atoms with Crippen molar-refractivity contribution in [2.45, 2.75) is 13.0 Å². The van der Waals surface area contributed by atoms with Crippen LogP contribution in [0.5, 0.6) is 0 Å². The third kappa shape index (κ3) is 6.23. The molecule has 0 amide bonds. The molecule has 0 aromatic heterocycles. The van der Waals surface area contributed by atoms with Gasteiger partial charge >= 0.3 is 60.0 Å². The first-order valence-corrected chi connectivity index (χ1v) is 5.07. The van der Waals surface area contributed by atoms with E-state index in [0.717, 1.165) is 0 Å². The molecule has 8 heavy (non-hydrogen) atoms. The fourth-order valence-corrected chi connectivity index (χ4v) is 1.44. The second-order valence-corrected chi connectivity index (χ2v) is 3.88. The van der Waals surface area contributed by atoms with Gasteiger partial charge in [-0.25, -0.2) is 0 Å². The van der Waals surface area contributed by atoms with Crippen molar-refractivity contribution in [1.82, 2.24) is 0 Å².